The average Bonchev–Trinajstić information content (AvgIpc) is 3.05. The summed E-state index contributed by atoms with van der Waals surface area (Å²) in [6, 6.07) is 19.9. The molecule has 1 aromatic heterocycles. The maximum Gasteiger partial charge on any atom is 0.277 e. The zero-order valence-electron chi connectivity index (χ0n) is 15.5. The van der Waals surface area contributed by atoms with Crippen LogP contribution in [0.1, 0.15) is 29.9 Å². The summed E-state index contributed by atoms with van der Waals surface area (Å²) in [7, 11) is 0. The van der Waals surface area contributed by atoms with Gasteiger partial charge >= 0.3 is 0 Å². The van der Waals surface area contributed by atoms with E-state index in [4.69, 9.17) is 0 Å². The predicted octanol–water partition coefficient (Wildman–Crippen LogP) is 4.23. The molecule has 5 heteroatoms. The molecule has 0 bridgehead atoms. The minimum atomic E-state index is -0.118. The highest BCUT2D eigenvalue weighted by atomic mass is 16.2. The summed E-state index contributed by atoms with van der Waals surface area (Å²) in [5, 5.41) is 0. The van der Waals surface area contributed by atoms with Crippen molar-refractivity contribution in [3.05, 3.63) is 78.1 Å². The maximum absolute atomic E-state index is 13.1. The Hall–Kier alpha value is -3.21. The van der Waals surface area contributed by atoms with E-state index in [1.54, 1.807) is 17.2 Å². The third-order valence-electron chi connectivity index (χ3n) is 4.91. The van der Waals surface area contributed by atoms with Gasteiger partial charge in [-0.25, -0.2) is 9.97 Å². The Morgan fingerprint density at radius 1 is 1.11 bits per heavy atom. The van der Waals surface area contributed by atoms with Crippen LogP contribution in [-0.4, -0.2) is 28.5 Å². The molecule has 4 rings (SSSR count). The van der Waals surface area contributed by atoms with Gasteiger partial charge in [-0.15, -0.1) is 0 Å². The molecule has 1 aliphatic heterocycles. The number of para-hydroxylation sites is 2. The number of hydrogen-bond donors (Lipinski definition) is 0. The molecule has 0 fully saturated rings. The summed E-state index contributed by atoms with van der Waals surface area (Å²) in [4.78, 5) is 26.0. The fourth-order valence-corrected chi connectivity index (χ4v) is 3.64. The van der Waals surface area contributed by atoms with Crippen molar-refractivity contribution in [3.63, 3.8) is 0 Å². The number of aromatic nitrogens is 2. The molecule has 1 atom stereocenters. The quantitative estimate of drug-likeness (QED) is 0.700. The van der Waals surface area contributed by atoms with Crippen LogP contribution >= 0.6 is 0 Å². The normalized spacial score (nSPS) is 15.5. The van der Waals surface area contributed by atoms with E-state index in [1.807, 2.05) is 43.3 Å². The zero-order chi connectivity index (χ0) is 18.8. The lowest BCUT2D eigenvalue weighted by Crippen LogP contribution is -2.32. The monoisotopic (exact) mass is 358 g/mol. The fraction of sp³-hybridized carbons (Fsp3) is 0.227. The molecule has 1 aliphatic rings. The van der Waals surface area contributed by atoms with Crippen LogP contribution in [0.2, 0.25) is 0 Å². The third-order valence-corrected chi connectivity index (χ3v) is 4.91. The van der Waals surface area contributed by atoms with E-state index in [1.165, 1.54) is 5.56 Å². The second-order valence-corrected chi connectivity index (χ2v) is 6.68. The molecule has 3 aromatic rings. The molecule has 2 heterocycles. The van der Waals surface area contributed by atoms with Crippen LogP contribution in [0.25, 0.3) is 0 Å². The average molecular weight is 358 g/mol. The Morgan fingerprint density at radius 2 is 1.85 bits per heavy atom. The molecule has 0 aliphatic carbocycles. The van der Waals surface area contributed by atoms with Crippen LogP contribution in [0.15, 0.2) is 66.9 Å². The van der Waals surface area contributed by atoms with E-state index in [9.17, 15) is 4.79 Å². The van der Waals surface area contributed by atoms with Gasteiger partial charge in [0.05, 0.1) is 0 Å². The molecule has 2 aromatic carbocycles. The van der Waals surface area contributed by atoms with Gasteiger partial charge in [-0.1, -0.05) is 36.4 Å². The Morgan fingerprint density at radius 3 is 2.63 bits per heavy atom. The minimum Gasteiger partial charge on any atom is -0.307 e. The van der Waals surface area contributed by atoms with E-state index in [-0.39, 0.29) is 11.9 Å². The SMILES string of the molecule is CCN(C(=O)c1ccnc(N2c3ccccc3CC2C)n1)c1ccccc1. The van der Waals surface area contributed by atoms with Crippen molar-refractivity contribution < 1.29 is 4.79 Å². The highest BCUT2D eigenvalue weighted by Crippen LogP contribution is 2.36. The van der Waals surface area contributed by atoms with Gasteiger partial charge in [-0.3, -0.25) is 4.79 Å². The van der Waals surface area contributed by atoms with Gasteiger partial charge in [0.15, 0.2) is 0 Å². The number of nitrogens with zero attached hydrogens (tertiary/aromatic N) is 4. The first-order valence-corrected chi connectivity index (χ1v) is 9.26. The van der Waals surface area contributed by atoms with E-state index >= 15 is 0 Å². The van der Waals surface area contributed by atoms with Gasteiger partial charge in [0.1, 0.15) is 5.69 Å². The molecule has 5 nitrogen and oxygen atoms in total. The van der Waals surface area contributed by atoms with Crippen molar-refractivity contribution in [2.24, 2.45) is 0 Å². The second kappa shape index (κ2) is 7.19. The maximum atomic E-state index is 13.1. The van der Waals surface area contributed by atoms with E-state index in [0.29, 0.717) is 18.2 Å². The van der Waals surface area contributed by atoms with Gasteiger partial charge in [0.2, 0.25) is 5.95 Å². The molecule has 136 valence electrons. The summed E-state index contributed by atoms with van der Waals surface area (Å²) in [6.07, 6.45) is 2.62. The number of carbonyl (C=O) groups is 1. The van der Waals surface area contributed by atoms with Crippen molar-refractivity contribution in [2.75, 3.05) is 16.3 Å². The van der Waals surface area contributed by atoms with Crippen molar-refractivity contribution in [1.29, 1.82) is 0 Å². The van der Waals surface area contributed by atoms with Gasteiger partial charge in [-0.2, -0.15) is 0 Å². The minimum absolute atomic E-state index is 0.118. The van der Waals surface area contributed by atoms with E-state index in [0.717, 1.165) is 17.8 Å². The van der Waals surface area contributed by atoms with Crippen LogP contribution in [0, 0.1) is 0 Å². The summed E-state index contributed by atoms with van der Waals surface area (Å²) in [5.41, 5.74) is 3.67. The Kier molecular flexibility index (Phi) is 4.59. The number of hydrogen-bond acceptors (Lipinski definition) is 4. The molecule has 27 heavy (non-hydrogen) atoms. The van der Waals surface area contributed by atoms with Crippen molar-refractivity contribution in [1.82, 2.24) is 9.97 Å². The lowest BCUT2D eigenvalue weighted by molar-refractivity contribution is 0.0983. The lowest BCUT2D eigenvalue weighted by Gasteiger charge is -2.24. The molecule has 1 unspecified atom stereocenters. The molecule has 0 saturated heterocycles. The number of anilines is 3. The Labute approximate surface area is 159 Å². The Bertz CT molecular complexity index is 957. The lowest BCUT2D eigenvalue weighted by atomic mass is 10.1. The molecular formula is C22H22N4O. The van der Waals surface area contributed by atoms with Gasteiger partial charge in [0.25, 0.3) is 5.91 Å². The number of carbonyl (C=O) groups excluding carboxylic acids is 1. The molecule has 0 radical (unpaired) electrons. The van der Waals surface area contributed by atoms with E-state index < -0.39 is 0 Å². The Balaban J connectivity index is 1.68. The zero-order valence-corrected chi connectivity index (χ0v) is 15.5. The molecule has 0 N–H and O–H groups in total. The number of fused-ring (bicyclic) bond motifs is 1. The topological polar surface area (TPSA) is 49.3 Å². The van der Waals surface area contributed by atoms with Crippen molar-refractivity contribution >= 4 is 23.2 Å². The van der Waals surface area contributed by atoms with Crippen LogP contribution < -0.4 is 9.80 Å². The van der Waals surface area contributed by atoms with Crippen LogP contribution in [0.5, 0.6) is 0 Å². The largest absolute Gasteiger partial charge is 0.307 e. The fourth-order valence-electron chi connectivity index (χ4n) is 3.64. The number of amides is 1. The predicted molar refractivity (Wildman–Crippen MR) is 108 cm³/mol. The van der Waals surface area contributed by atoms with Crippen molar-refractivity contribution in [2.45, 2.75) is 26.3 Å². The first-order chi connectivity index (χ1) is 13.2. The summed E-state index contributed by atoms with van der Waals surface area (Å²) in [5.74, 6) is 0.454. The molecule has 0 spiro atoms. The van der Waals surface area contributed by atoms with Gasteiger partial charge < -0.3 is 9.80 Å². The summed E-state index contributed by atoms with van der Waals surface area (Å²) in [6.45, 7) is 4.69. The van der Waals surface area contributed by atoms with Crippen LogP contribution in [-0.2, 0) is 6.42 Å². The summed E-state index contributed by atoms with van der Waals surface area (Å²) >= 11 is 0. The van der Waals surface area contributed by atoms with E-state index in [2.05, 4.69) is 40.0 Å². The standard InChI is InChI=1S/C22H22N4O/c1-3-25(18-10-5-4-6-11-18)21(27)19-13-14-23-22(24-19)26-16(2)15-17-9-7-8-12-20(17)26/h4-14,16H,3,15H2,1-2H3. The van der Waals surface area contributed by atoms with Crippen LogP contribution in [0.3, 0.4) is 0 Å². The summed E-state index contributed by atoms with van der Waals surface area (Å²) < 4.78 is 0. The highest BCUT2D eigenvalue weighted by molar-refractivity contribution is 6.04. The van der Waals surface area contributed by atoms with Gasteiger partial charge in [0, 0.05) is 30.2 Å². The number of rotatable bonds is 4. The van der Waals surface area contributed by atoms with Gasteiger partial charge in [-0.05, 0) is 50.1 Å². The van der Waals surface area contributed by atoms with Crippen LogP contribution in [0.4, 0.5) is 17.3 Å². The third kappa shape index (κ3) is 3.16. The highest BCUT2D eigenvalue weighted by Gasteiger charge is 2.29. The molecular weight excluding hydrogens is 336 g/mol. The second-order valence-electron chi connectivity index (χ2n) is 6.68. The first-order valence-electron chi connectivity index (χ1n) is 9.26. The molecule has 0 saturated carbocycles. The first kappa shape index (κ1) is 17.2. The van der Waals surface area contributed by atoms with Crippen molar-refractivity contribution in [3.8, 4) is 0 Å². The number of benzene rings is 2. The molecule has 1 amide bonds. The smallest absolute Gasteiger partial charge is 0.277 e.